The van der Waals surface area contributed by atoms with Gasteiger partial charge in [0.15, 0.2) is 6.23 Å². The molecule has 4 aromatic rings. The number of benzene rings is 2. The Hall–Kier alpha value is -3.18. The van der Waals surface area contributed by atoms with Gasteiger partial charge in [0, 0.05) is 11.6 Å². The van der Waals surface area contributed by atoms with Crippen molar-refractivity contribution in [2.75, 3.05) is 10.6 Å². The third kappa shape index (κ3) is 3.88. The van der Waals surface area contributed by atoms with E-state index in [0.717, 1.165) is 10.2 Å². The number of hydrogen-bond acceptors (Lipinski definition) is 9. The molecule has 0 spiro atoms. The average Bonchev–Trinajstić information content (AvgIpc) is 3.13. The Kier molecular flexibility index (Phi) is 5.68. The van der Waals surface area contributed by atoms with Gasteiger partial charge in [0.25, 0.3) is 0 Å². The molecule has 0 aliphatic heterocycles. The maximum Gasteiger partial charge on any atom is 0.229 e. The van der Waals surface area contributed by atoms with E-state index >= 15 is 0 Å². The lowest BCUT2D eigenvalue weighted by Crippen LogP contribution is -2.39. The highest BCUT2D eigenvalue weighted by atomic mass is 32.1. The summed E-state index contributed by atoms with van der Waals surface area (Å²) in [6.07, 6.45) is -2.01. The monoisotopic (exact) mass is 481 g/mol. The summed E-state index contributed by atoms with van der Waals surface area (Å²) in [6, 6.07) is 13.6. The molecule has 0 radical (unpaired) electrons. The van der Waals surface area contributed by atoms with Gasteiger partial charge in [-0.05, 0) is 43.7 Å². The third-order valence-corrected chi connectivity index (χ3v) is 7.22. The van der Waals surface area contributed by atoms with Crippen molar-refractivity contribution < 1.29 is 19.7 Å². The average molecular weight is 482 g/mol. The molecule has 8 nitrogen and oxygen atoms in total. The van der Waals surface area contributed by atoms with Crippen LogP contribution in [-0.2, 0) is 0 Å². The van der Waals surface area contributed by atoms with Gasteiger partial charge >= 0.3 is 0 Å². The van der Waals surface area contributed by atoms with Crippen molar-refractivity contribution >= 4 is 39.0 Å². The van der Waals surface area contributed by atoms with Crippen LogP contribution in [0.1, 0.15) is 19.0 Å². The number of aliphatic hydroxyl groups is 3. The fourth-order valence-electron chi connectivity index (χ4n) is 4.27. The summed E-state index contributed by atoms with van der Waals surface area (Å²) in [5.41, 5.74) is 0.725. The molecule has 1 aliphatic carbocycles. The van der Waals surface area contributed by atoms with Crippen molar-refractivity contribution in [3.63, 3.8) is 0 Å². The van der Waals surface area contributed by atoms with Crippen LogP contribution in [0, 0.1) is 18.7 Å². The van der Waals surface area contributed by atoms with E-state index in [9.17, 15) is 19.7 Å². The number of rotatable bonds is 7. The molecule has 5 N–H and O–H groups in total. The molecule has 34 heavy (non-hydrogen) atoms. The predicted octanol–water partition coefficient (Wildman–Crippen LogP) is 3.81. The highest BCUT2D eigenvalue weighted by Gasteiger charge is 2.67. The number of aromatic nitrogens is 3. The molecule has 10 heteroatoms. The number of hydrogen-bond donors (Lipinski definition) is 5. The number of aryl methyl sites for hydroxylation is 1. The van der Waals surface area contributed by atoms with Crippen molar-refractivity contribution in [1.29, 1.82) is 0 Å². The molecule has 2 heterocycles. The van der Waals surface area contributed by atoms with E-state index in [1.165, 1.54) is 23.5 Å². The summed E-state index contributed by atoms with van der Waals surface area (Å²) in [4.78, 5) is 13.7. The van der Waals surface area contributed by atoms with Gasteiger partial charge in [0.05, 0.1) is 27.6 Å². The van der Waals surface area contributed by atoms with E-state index in [0.29, 0.717) is 28.4 Å². The van der Waals surface area contributed by atoms with Crippen molar-refractivity contribution in [2.24, 2.45) is 5.92 Å². The number of anilines is 3. The number of aliphatic hydroxyl groups excluding tert-OH is 2. The summed E-state index contributed by atoms with van der Waals surface area (Å²) in [6.45, 7) is 3.62. The van der Waals surface area contributed by atoms with Crippen LogP contribution in [0.25, 0.3) is 20.8 Å². The highest BCUT2D eigenvalue weighted by Crippen LogP contribution is 2.49. The number of para-hydroxylation sites is 1. The zero-order valence-electron chi connectivity index (χ0n) is 18.5. The first-order valence-corrected chi connectivity index (χ1v) is 11.7. The van der Waals surface area contributed by atoms with Crippen LogP contribution in [0.2, 0.25) is 0 Å². The molecule has 0 amide bonds. The Labute approximate surface area is 199 Å². The van der Waals surface area contributed by atoms with E-state index in [1.54, 1.807) is 19.1 Å². The second-order valence-electron chi connectivity index (χ2n) is 8.37. The zero-order valence-corrected chi connectivity index (χ0v) is 19.3. The molecule has 0 saturated heterocycles. The smallest absolute Gasteiger partial charge is 0.229 e. The third-order valence-electron chi connectivity index (χ3n) is 6.17. The lowest BCUT2D eigenvalue weighted by Gasteiger charge is -2.22. The fraction of sp³-hybridized carbons (Fsp3) is 0.292. The Morgan fingerprint density at radius 1 is 1.15 bits per heavy atom. The highest BCUT2D eigenvalue weighted by molar-refractivity contribution is 7.21. The van der Waals surface area contributed by atoms with Gasteiger partial charge in [0.2, 0.25) is 5.95 Å². The number of nitrogens with one attached hydrogen (secondary N) is 2. The summed E-state index contributed by atoms with van der Waals surface area (Å²) in [5, 5.41) is 38.3. The maximum atomic E-state index is 13.6. The quantitative estimate of drug-likeness (QED) is 0.253. The van der Waals surface area contributed by atoms with Gasteiger partial charge in [-0.3, -0.25) is 0 Å². The lowest BCUT2D eigenvalue weighted by atomic mass is 10.1. The molecule has 1 fully saturated rings. The molecule has 1 aliphatic rings. The van der Waals surface area contributed by atoms with Crippen molar-refractivity contribution in [2.45, 2.75) is 38.2 Å². The Balaban J connectivity index is 1.57. The number of halogens is 1. The molecular weight excluding hydrogens is 457 g/mol. The maximum absolute atomic E-state index is 13.6. The standard InChI is InChI=1S/C24H24FN5O3S/c1-3-15-19(31)24(15,33)22(32)29-20-18(21-28-16-9-4-5-10-17(16)34-21)12(2)26-23(30-20)27-14-8-6-7-13(25)11-14/h4-11,15,19,22,31-33H,3H2,1-2H3,(H2,26,27,29,30). The molecule has 176 valence electrons. The second kappa shape index (κ2) is 8.55. The van der Waals surface area contributed by atoms with Crippen LogP contribution in [0.15, 0.2) is 48.5 Å². The predicted molar refractivity (Wildman–Crippen MR) is 129 cm³/mol. The largest absolute Gasteiger partial charge is 0.390 e. The van der Waals surface area contributed by atoms with Gasteiger partial charge in [-0.1, -0.05) is 25.1 Å². The van der Waals surface area contributed by atoms with Crippen molar-refractivity contribution in [3.8, 4) is 10.6 Å². The molecule has 4 unspecified atom stereocenters. The van der Waals surface area contributed by atoms with Crippen molar-refractivity contribution in [3.05, 3.63) is 60.0 Å². The number of nitrogens with zero attached hydrogens (tertiary/aromatic N) is 3. The van der Waals surface area contributed by atoms with Crippen LogP contribution in [0.3, 0.4) is 0 Å². The second-order valence-corrected chi connectivity index (χ2v) is 9.40. The lowest BCUT2D eigenvalue weighted by molar-refractivity contribution is -0.0199. The van der Waals surface area contributed by atoms with Crippen molar-refractivity contribution in [1.82, 2.24) is 15.0 Å². The minimum atomic E-state index is -1.69. The molecule has 5 rings (SSSR count). The van der Waals surface area contributed by atoms with Gasteiger partial charge in [-0.2, -0.15) is 4.98 Å². The molecule has 2 aromatic carbocycles. The first-order valence-electron chi connectivity index (χ1n) is 10.9. The Morgan fingerprint density at radius 3 is 2.65 bits per heavy atom. The fourth-order valence-corrected chi connectivity index (χ4v) is 5.33. The Bertz CT molecular complexity index is 1330. The summed E-state index contributed by atoms with van der Waals surface area (Å²) < 4.78 is 14.6. The van der Waals surface area contributed by atoms with Crippen LogP contribution < -0.4 is 10.6 Å². The van der Waals surface area contributed by atoms with Crippen LogP contribution in [-0.4, -0.2) is 48.2 Å². The van der Waals surface area contributed by atoms with Crippen LogP contribution in [0.5, 0.6) is 0 Å². The summed E-state index contributed by atoms with van der Waals surface area (Å²) in [5.74, 6) is -0.441. The number of fused-ring (bicyclic) bond motifs is 1. The number of thiazole rings is 1. The normalized spacial score (nSPS) is 22.5. The molecule has 2 aromatic heterocycles. The first kappa shape index (κ1) is 22.6. The molecular formula is C24H24FN5O3S. The summed E-state index contributed by atoms with van der Waals surface area (Å²) in [7, 11) is 0. The van der Waals surface area contributed by atoms with Crippen LogP contribution in [0.4, 0.5) is 21.8 Å². The van der Waals surface area contributed by atoms with Gasteiger partial charge in [-0.25, -0.2) is 14.4 Å². The topological polar surface area (TPSA) is 123 Å². The van der Waals surface area contributed by atoms with Gasteiger partial charge in [0.1, 0.15) is 22.2 Å². The minimum Gasteiger partial charge on any atom is -0.390 e. The minimum absolute atomic E-state index is 0.179. The van der Waals surface area contributed by atoms with E-state index < -0.39 is 29.7 Å². The van der Waals surface area contributed by atoms with Gasteiger partial charge in [-0.15, -0.1) is 11.3 Å². The van der Waals surface area contributed by atoms with E-state index in [2.05, 4.69) is 20.6 Å². The van der Waals surface area contributed by atoms with Crippen LogP contribution >= 0.6 is 11.3 Å². The Morgan fingerprint density at radius 2 is 1.94 bits per heavy atom. The van der Waals surface area contributed by atoms with E-state index in [-0.39, 0.29) is 11.8 Å². The van der Waals surface area contributed by atoms with E-state index in [4.69, 9.17) is 4.98 Å². The molecule has 4 atom stereocenters. The van der Waals surface area contributed by atoms with Gasteiger partial charge < -0.3 is 26.0 Å². The zero-order chi connectivity index (χ0) is 24.0. The molecule has 1 saturated carbocycles. The first-order chi connectivity index (χ1) is 16.3. The molecule has 0 bridgehead atoms. The van der Waals surface area contributed by atoms with E-state index in [1.807, 2.05) is 31.2 Å². The SMILES string of the molecule is CCC1C(O)C1(O)C(O)Nc1nc(Nc2cccc(F)c2)nc(C)c1-c1nc2ccccc2s1. The summed E-state index contributed by atoms with van der Waals surface area (Å²) >= 11 is 1.45.